The van der Waals surface area contributed by atoms with Crippen LogP contribution in [0.25, 0.3) is 10.9 Å². The summed E-state index contributed by atoms with van der Waals surface area (Å²) in [4.78, 5) is 4.25. The van der Waals surface area contributed by atoms with Gasteiger partial charge in [0.25, 0.3) is 0 Å². The summed E-state index contributed by atoms with van der Waals surface area (Å²) >= 11 is 0. The summed E-state index contributed by atoms with van der Waals surface area (Å²) in [6.07, 6.45) is 1.74. The summed E-state index contributed by atoms with van der Waals surface area (Å²) in [7, 11) is 0. The highest BCUT2D eigenvalue weighted by atomic mass is 15.3. The summed E-state index contributed by atoms with van der Waals surface area (Å²) in [5.41, 5.74) is 5.11. The zero-order valence-corrected chi connectivity index (χ0v) is 9.68. The molecule has 0 bridgehead atoms. The van der Waals surface area contributed by atoms with Crippen LogP contribution in [0.1, 0.15) is 5.56 Å². The van der Waals surface area contributed by atoms with Gasteiger partial charge >= 0.3 is 0 Å². The normalized spacial score (nSPS) is 9.28. The van der Waals surface area contributed by atoms with Crippen molar-refractivity contribution >= 4 is 22.3 Å². The van der Waals surface area contributed by atoms with Crippen LogP contribution in [0.4, 0.5) is 5.69 Å². The highest BCUT2D eigenvalue weighted by Gasteiger charge is 2.00. The van der Waals surface area contributed by atoms with Gasteiger partial charge in [-0.1, -0.05) is 6.07 Å². The topological polar surface area (TPSA) is 84.9 Å². The zero-order valence-electron chi connectivity index (χ0n) is 9.68. The average Bonchev–Trinajstić information content (AvgIpc) is 2.40. The molecule has 0 aliphatic heterocycles. The Morgan fingerprint density at radius 3 is 2.78 bits per heavy atom. The van der Waals surface area contributed by atoms with Gasteiger partial charge in [0, 0.05) is 11.6 Å². The number of hydrogen-bond donors (Lipinski definition) is 1. The Labute approximate surface area is 104 Å². The Bertz CT molecular complexity index is 687. The minimum absolute atomic E-state index is 0.215. The second-order valence-electron chi connectivity index (χ2n) is 3.66. The molecule has 2 rings (SSSR count). The highest BCUT2D eigenvalue weighted by Crippen LogP contribution is 2.19. The lowest BCUT2D eigenvalue weighted by Crippen LogP contribution is -1.96. The second-order valence-corrected chi connectivity index (χ2v) is 3.66. The Kier molecular flexibility index (Phi) is 3.17. The van der Waals surface area contributed by atoms with Gasteiger partial charge in [0.1, 0.15) is 12.1 Å². The molecule has 2 aromatic rings. The van der Waals surface area contributed by atoms with Crippen LogP contribution in [0.15, 0.2) is 35.6 Å². The first-order chi connectivity index (χ1) is 8.74. The van der Waals surface area contributed by atoms with Gasteiger partial charge < -0.3 is 0 Å². The first-order valence-electron chi connectivity index (χ1n) is 5.24. The van der Waals surface area contributed by atoms with Crippen molar-refractivity contribution in [1.82, 2.24) is 4.98 Å². The number of benzene rings is 1. The molecule has 0 saturated carbocycles. The molecule has 1 heterocycles. The number of fused-ring (bicyclic) bond motifs is 1. The fourth-order valence-electron chi connectivity index (χ4n) is 1.56. The summed E-state index contributed by atoms with van der Waals surface area (Å²) in [6, 6.07) is 10.9. The van der Waals surface area contributed by atoms with Gasteiger partial charge in [0.05, 0.1) is 11.2 Å². The average molecular weight is 235 g/mol. The van der Waals surface area contributed by atoms with Gasteiger partial charge in [-0.25, -0.2) is 0 Å². The largest absolute Gasteiger partial charge is 0.276 e. The van der Waals surface area contributed by atoms with E-state index in [-0.39, 0.29) is 5.71 Å². The number of hydrogen-bond acceptors (Lipinski definition) is 5. The summed E-state index contributed by atoms with van der Waals surface area (Å²) in [6.45, 7) is 2.01. The van der Waals surface area contributed by atoms with E-state index in [4.69, 9.17) is 10.5 Å². The number of nitrogens with one attached hydrogen (secondary N) is 1. The van der Waals surface area contributed by atoms with Gasteiger partial charge in [-0.15, -0.1) is 0 Å². The van der Waals surface area contributed by atoms with E-state index in [1.54, 1.807) is 18.3 Å². The van der Waals surface area contributed by atoms with Crippen molar-refractivity contribution in [2.24, 2.45) is 5.10 Å². The summed E-state index contributed by atoms with van der Waals surface area (Å²) < 4.78 is 0. The van der Waals surface area contributed by atoms with Crippen molar-refractivity contribution in [3.63, 3.8) is 0 Å². The van der Waals surface area contributed by atoms with Gasteiger partial charge in [-0.3, -0.25) is 10.4 Å². The highest BCUT2D eigenvalue weighted by molar-refractivity contribution is 6.10. The third kappa shape index (κ3) is 2.26. The third-order valence-electron chi connectivity index (χ3n) is 2.47. The van der Waals surface area contributed by atoms with Crippen LogP contribution in [0.5, 0.6) is 0 Å². The van der Waals surface area contributed by atoms with Crippen LogP contribution in [0, 0.1) is 29.6 Å². The molecule has 0 unspecified atom stereocenters. The van der Waals surface area contributed by atoms with Crippen molar-refractivity contribution in [3.8, 4) is 12.1 Å². The predicted octanol–water partition coefficient (Wildman–Crippen LogP) is 2.36. The molecule has 1 aromatic carbocycles. The Balaban J connectivity index is 2.35. The van der Waals surface area contributed by atoms with Crippen LogP contribution in [-0.2, 0) is 0 Å². The molecular weight excluding hydrogens is 226 g/mol. The number of aromatic nitrogens is 1. The van der Waals surface area contributed by atoms with Gasteiger partial charge in [0.2, 0.25) is 5.71 Å². The summed E-state index contributed by atoms with van der Waals surface area (Å²) in [5, 5.41) is 21.9. The Hall–Kier alpha value is -2.92. The first kappa shape index (κ1) is 11.6. The molecule has 0 aliphatic carbocycles. The van der Waals surface area contributed by atoms with Gasteiger partial charge in [0.15, 0.2) is 0 Å². The Morgan fingerprint density at radius 2 is 2.06 bits per heavy atom. The molecule has 0 saturated heterocycles. The van der Waals surface area contributed by atoms with Crippen molar-refractivity contribution in [1.29, 1.82) is 10.5 Å². The summed E-state index contributed by atoms with van der Waals surface area (Å²) in [5.74, 6) is 0. The number of aryl methyl sites for hydroxylation is 1. The molecule has 5 heteroatoms. The molecule has 5 nitrogen and oxygen atoms in total. The molecule has 0 spiro atoms. The molecule has 0 aliphatic rings. The third-order valence-corrected chi connectivity index (χ3v) is 2.47. The fraction of sp³-hybridized carbons (Fsp3) is 0.0769. The maximum atomic E-state index is 8.56. The number of nitrogens with zero attached hydrogens (tertiary/aromatic N) is 4. The first-order valence-corrected chi connectivity index (χ1v) is 5.24. The molecule has 86 valence electrons. The molecule has 1 aromatic heterocycles. The van der Waals surface area contributed by atoms with E-state index in [0.717, 1.165) is 16.5 Å². The van der Waals surface area contributed by atoms with Crippen molar-refractivity contribution in [3.05, 3.63) is 36.0 Å². The minimum atomic E-state index is -0.215. The maximum absolute atomic E-state index is 8.56. The lowest BCUT2D eigenvalue weighted by molar-refractivity contribution is 1.32. The Morgan fingerprint density at radius 1 is 1.28 bits per heavy atom. The molecule has 0 amide bonds. The molecule has 0 radical (unpaired) electrons. The number of anilines is 1. The van der Waals surface area contributed by atoms with E-state index >= 15 is 0 Å². The van der Waals surface area contributed by atoms with Gasteiger partial charge in [-0.2, -0.15) is 15.6 Å². The second kappa shape index (κ2) is 4.94. The molecular formula is C13H9N5. The number of hydrazone groups is 1. The number of pyridine rings is 1. The smallest absolute Gasteiger partial charge is 0.237 e. The van der Waals surface area contributed by atoms with E-state index < -0.39 is 0 Å². The zero-order chi connectivity index (χ0) is 13.0. The van der Waals surface area contributed by atoms with Crippen LogP contribution < -0.4 is 5.43 Å². The van der Waals surface area contributed by atoms with Crippen molar-refractivity contribution in [2.75, 3.05) is 5.43 Å². The molecule has 18 heavy (non-hydrogen) atoms. The van der Waals surface area contributed by atoms with E-state index in [2.05, 4.69) is 15.5 Å². The van der Waals surface area contributed by atoms with E-state index in [9.17, 15) is 0 Å². The van der Waals surface area contributed by atoms with E-state index in [1.165, 1.54) is 0 Å². The predicted molar refractivity (Wildman–Crippen MR) is 68.8 cm³/mol. The number of nitriles is 2. The monoisotopic (exact) mass is 235 g/mol. The molecule has 1 N–H and O–H groups in total. The lowest BCUT2D eigenvalue weighted by Gasteiger charge is -2.04. The fourth-order valence-corrected chi connectivity index (χ4v) is 1.56. The SMILES string of the molecule is Cc1ccnc2cc(NN=C(C#N)C#N)ccc12. The molecule has 0 fully saturated rings. The minimum Gasteiger partial charge on any atom is -0.276 e. The van der Waals surface area contributed by atoms with Crippen LogP contribution in [-0.4, -0.2) is 10.7 Å². The van der Waals surface area contributed by atoms with E-state index in [0.29, 0.717) is 5.69 Å². The van der Waals surface area contributed by atoms with Crippen molar-refractivity contribution < 1.29 is 0 Å². The van der Waals surface area contributed by atoms with Crippen LogP contribution in [0.3, 0.4) is 0 Å². The quantitative estimate of drug-likeness (QED) is 0.639. The number of rotatable bonds is 2. The molecule has 0 atom stereocenters. The van der Waals surface area contributed by atoms with Crippen molar-refractivity contribution in [2.45, 2.75) is 6.92 Å². The van der Waals surface area contributed by atoms with E-state index in [1.807, 2.05) is 31.2 Å². The standard InChI is InChI=1S/C13H9N5/c1-9-4-5-16-13-6-10(2-3-12(9)13)17-18-11(7-14)8-15/h2-6,17H,1H3. The van der Waals surface area contributed by atoms with Crippen LogP contribution >= 0.6 is 0 Å². The maximum Gasteiger partial charge on any atom is 0.237 e. The van der Waals surface area contributed by atoms with Crippen LogP contribution in [0.2, 0.25) is 0 Å². The lowest BCUT2D eigenvalue weighted by atomic mass is 10.1. The van der Waals surface area contributed by atoms with Gasteiger partial charge in [-0.05, 0) is 30.7 Å².